The van der Waals surface area contributed by atoms with Gasteiger partial charge in [0.2, 0.25) is 0 Å². The Morgan fingerprint density at radius 1 is 1.47 bits per heavy atom. The van der Waals surface area contributed by atoms with E-state index < -0.39 is 0 Å². The van der Waals surface area contributed by atoms with Crippen molar-refractivity contribution >= 4 is 6.47 Å². The molecule has 0 aliphatic heterocycles. The Morgan fingerprint density at radius 3 is 2.63 bits per heavy atom. The Kier molecular flexibility index (Phi) is 6.56. The Bertz CT molecular complexity index is 352. The fraction of sp³-hybridized carbons (Fsp3) is 0.714. The molecule has 1 aliphatic rings. The number of carbonyl (C=O) groups excluding carboxylic acids is 1. The van der Waals surface area contributed by atoms with Gasteiger partial charge in [0.05, 0.1) is 6.10 Å². The molecule has 1 N–H and O–H groups in total. The molecule has 2 rings (SSSR count). The molecule has 1 aliphatic carbocycles. The van der Waals surface area contributed by atoms with Crippen LogP contribution in [0.4, 0.5) is 0 Å². The van der Waals surface area contributed by atoms with Crippen LogP contribution in [0.1, 0.15) is 20.8 Å². The molecule has 0 saturated heterocycles. The summed E-state index contributed by atoms with van der Waals surface area (Å²) in [5.74, 6) is 2.54. The van der Waals surface area contributed by atoms with E-state index in [9.17, 15) is 4.79 Å². The molecule has 0 aromatic carbocycles. The molecule has 1 heterocycles. The second-order valence-electron chi connectivity index (χ2n) is 5.25. The van der Waals surface area contributed by atoms with Crippen LogP contribution in [0.3, 0.4) is 0 Å². The summed E-state index contributed by atoms with van der Waals surface area (Å²) in [6.07, 6.45) is 3.92. The summed E-state index contributed by atoms with van der Waals surface area (Å²) in [7, 11) is 2.02. The minimum atomic E-state index is 0.0301. The van der Waals surface area contributed by atoms with Crippen molar-refractivity contribution in [2.75, 3.05) is 13.6 Å². The molecule has 0 spiro atoms. The topological polar surface area (TPSA) is 56.1 Å². The highest BCUT2D eigenvalue weighted by Crippen LogP contribution is 2.46. The molecule has 0 bridgehead atoms. The van der Waals surface area contributed by atoms with E-state index in [4.69, 9.17) is 0 Å². The van der Waals surface area contributed by atoms with Crippen LogP contribution in [-0.4, -0.2) is 35.9 Å². The lowest BCUT2D eigenvalue weighted by atomic mass is 10.3. The van der Waals surface area contributed by atoms with Gasteiger partial charge in [0.1, 0.15) is 0 Å². The largest absolute Gasteiger partial charge is 0.465 e. The van der Waals surface area contributed by atoms with E-state index in [0.29, 0.717) is 6.47 Å². The molecule has 0 unspecified atom stereocenters. The maximum atomic E-state index is 9.39. The monoisotopic (exact) mass is 267 g/mol. The molecule has 5 nitrogen and oxygen atoms in total. The zero-order chi connectivity index (χ0) is 14.3. The van der Waals surface area contributed by atoms with E-state index in [1.165, 1.54) is 0 Å². The molecule has 1 saturated carbocycles. The fourth-order valence-electron chi connectivity index (χ4n) is 2.25. The maximum Gasteiger partial charge on any atom is 0.293 e. The number of ether oxygens (including phenoxy) is 1. The van der Waals surface area contributed by atoms with Crippen molar-refractivity contribution in [1.82, 2.24) is 15.1 Å². The average molecular weight is 267 g/mol. The number of nitrogens with one attached hydrogen (secondary N) is 1. The van der Waals surface area contributed by atoms with Crippen LogP contribution < -0.4 is 5.32 Å². The fourth-order valence-corrected chi connectivity index (χ4v) is 2.25. The third-order valence-corrected chi connectivity index (χ3v) is 3.48. The molecule has 0 amide bonds. The number of nitrogens with zero attached hydrogens (tertiary/aromatic N) is 2. The summed E-state index contributed by atoms with van der Waals surface area (Å²) in [5, 5.41) is 7.46. The lowest BCUT2D eigenvalue weighted by molar-refractivity contribution is -0.131. The van der Waals surface area contributed by atoms with Crippen molar-refractivity contribution in [2.24, 2.45) is 17.8 Å². The molecule has 1 fully saturated rings. The molecule has 1 aromatic heterocycles. The second-order valence-corrected chi connectivity index (χ2v) is 5.25. The highest BCUT2D eigenvalue weighted by molar-refractivity contribution is 5.37. The zero-order valence-corrected chi connectivity index (χ0v) is 12.2. The number of aromatic nitrogens is 2. The van der Waals surface area contributed by atoms with E-state index in [2.05, 4.69) is 22.1 Å². The lowest BCUT2D eigenvalue weighted by Crippen LogP contribution is -2.12. The van der Waals surface area contributed by atoms with Gasteiger partial charge < -0.3 is 10.1 Å². The summed E-state index contributed by atoms with van der Waals surface area (Å²) in [5.41, 5.74) is 0. The summed E-state index contributed by atoms with van der Waals surface area (Å²) in [6, 6.07) is 1.99. The van der Waals surface area contributed by atoms with Gasteiger partial charge in [0, 0.05) is 18.9 Å². The Hall–Kier alpha value is -1.36. The van der Waals surface area contributed by atoms with Gasteiger partial charge in [-0.05, 0) is 51.3 Å². The summed E-state index contributed by atoms with van der Waals surface area (Å²) in [6.45, 7) is 8.61. The predicted octanol–water partition coefficient (Wildman–Crippen LogP) is 1.55. The lowest BCUT2D eigenvalue weighted by Gasteiger charge is -1.99. The van der Waals surface area contributed by atoms with Crippen LogP contribution in [0.15, 0.2) is 18.5 Å². The van der Waals surface area contributed by atoms with Gasteiger partial charge in [0.15, 0.2) is 0 Å². The highest BCUT2D eigenvalue weighted by atomic mass is 16.5. The zero-order valence-electron chi connectivity index (χ0n) is 12.2. The van der Waals surface area contributed by atoms with E-state index in [0.717, 1.165) is 30.8 Å². The second kappa shape index (κ2) is 7.94. The Labute approximate surface area is 115 Å². The molecular weight excluding hydrogens is 242 g/mol. The van der Waals surface area contributed by atoms with Gasteiger partial charge in [0.25, 0.3) is 6.47 Å². The van der Waals surface area contributed by atoms with Crippen LogP contribution in [-0.2, 0) is 16.1 Å². The minimum absolute atomic E-state index is 0.0301. The van der Waals surface area contributed by atoms with Crippen LogP contribution in [0, 0.1) is 17.8 Å². The SMILES string of the molecule is CC(C)OC=O.CNC[C@H]1[C@@H](C)[C@@H]1Cn1cccn1. The quantitative estimate of drug-likeness (QED) is 0.795. The number of hydrogen-bond donors (Lipinski definition) is 1. The first kappa shape index (κ1) is 15.7. The smallest absolute Gasteiger partial charge is 0.293 e. The molecule has 1 aromatic rings. The first-order chi connectivity index (χ1) is 9.10. The third kappa shape index (κ3) is 5.42. The maximum absolute atomic E-state index is 9.39. The van der Waals surface area contributed by atoms with E-state index >= 15 is 0 Å². The van der Waals surface area contributed by atoms with Gasteiger partial charge in [-0.25, -0.2) is 0 Å². The summed E-state index contributed by atoms with van der Waals surface area (Å²) < 4.78 is 6.40. The first-order valence-electron chi connectivity index (χ1n) is 6.81. The molecule has 5 heteroatoms. The van der Waals surface area contributed by atoms with Crippen LogP contribution in [0.5, 0.6) is 0 Å². The number of hydrogen-bond acceptors (Lipinski definition) is 4. The first-order valence-corrected chi connectivity index (χ1v) is 6.81. The molecular formula is C14H25N3O2. The highest BCUT2D eigenvalue weighted by Gasteiger charge is 2.45. The average Bonchev–Trinajstić information content (AvgIpc) is 2.81. The summed E-state index contributed by atoms with van der Waals surface area (Å²) >= 11 is 0. The number of carbonyl (C=O) groups is 1. The van der Waals surface area contributed by atoms with Crippen molar-refractivity contribution < 1.29 is 9.53 Å². The Balaban J connectivity index is 0.000000258. The van der Waals surface area contributed by atoms with Gasteiger partial charge in [-0.2, -0.15) is 5.10 Å². The van der Waals surface area contributed by atoms with E-state index in [-0.39, 0.29) is 6.10 Å². The molecule has 3 atom stereocenters. The Morgan fingerprint density at radius 2 is 2.21 bits per heavy atom. The van der Waals surface area contributed by atoms with Gasteiger partial charge in [-0.3, -0.25) is 9.48 Å². The van der Waals surface area contributed by atoms with E-state index in [1.54, 1.807) is 13.8 Å². The van der Waals surface area contributed by atoms with Crippen molar-refractivity contribution in [3.8, 4) is 0 Å². The normalized spacial score (nSPS) is 24.6. The van der Waals surface area contributed by atoms with Crippen molar-refractivity contribution in [1.29, 1.82) is 0 Å². The molecule has 0 radical (unpaired) electrons. The molecule has 19 heavy (non-hydrogen) atoms. The van der Waals surface area contributed by atoms with Crippen LogP contribution in [0.2, 0.25) is 0 Å². The van der Waals surface area contributed by atoms with Crippen LogP contribution in [0.25, 0.3) is 0 Å². The summed E-state index contributed by atoms with van der Waals surface area (Å²) in [4.78, 5) is 9.39. The van der Waals surface area contributed by atoms with Gasteiger partial charge in [-0.15, -0.1) is 0 Å². The van der Waals surface area contributed by atoms with Crippen molar-refractivity contribution in [3.63, 3.8) is 0 Å². The van der Waals surface area contributed by atoms with E-state index in [1.807, 2.05) is 30.2 Å². The predicted molar refractivity (Wildman–Crippen MR) is 74.6 cm³/mol. The number of rotatable bonds is 6. The standard InChI is InChI=1S/C10H17N3.C4H8O2/c1-8-9(6-11-2)10(8)7-13-5-3-4-12-13;1-4(2)6-3-5/h3-5,8-11H,6-7H2,1-2H3;3-4H,1-2H3/t8-,9+,10+;/m1./s1. The minimum Gasteiger partial charge on any atom is -0.465 e. The van der Waals surface area contributed by atoms with Crippen LogP contribution >= 0.6 is 0 Å². The van der Waals surface area contributed by atoms with Crippen molar-refractivity contribution in [3.05, 3.63) is 18.5 Å². The van der Waals surface area contributed by atoms with Gasteiger partial charge >= 0.3 is 0 Å². The molecule has 108 valence electrons. The third-order valence-electron chi connectivity index (χ3n) is 3.48. The van der Waals surface area contributed by atoms with Gasteiger partial charge in [-0.1, -0.05) is 6.92 Å². The van der Waals surface area contributed by atoms with Crippen molar-refractivity contribution in [2.45, 2.75) is 33.4 Å².